The standard InChI is InChI=1S/C30H30F3N5O3S/c1-2-23(39)37-14-6-8-18(16-37)35-27(40)26-25-24-22(12-13-34-28(24)42-26)38(29(41)36-25)19-9-5-7-17(15-19)20-10-3-4-11-21(20)30(31,32)33/h2-5,7,9-11,15,18,22,24,28,34H,1,6,8,12-14,16H2,(H,35,40)(H,36,41)/t18-,22?,24?,28?/m1/s1. The topological polar surface area (TPSA) is 93.8 Å². The molecular weight excluding hydrogens is 567 g/mol. The zero-order valence-electron chi connectivity index (χ0n) is 22.6. The molecule has 4 aliphatic heterocycles. The molecule has 0 spiro atoms. The lowest BCUT2D eigenvalue weighted by molar-refractivity contribution is -0.137. The SMILES string of the molecule is C=CC(=O)N1CCC[C@@H](NC(=O)C2=C3NC(=O)N(c4cccc(-c5ccccc5C(F)(F)F)c4)C4CCNC(S2)C34)C1. The lowest BCUT2D eigenvalue weighted by atomic mass is 9.86. The van der Waals surface area contributed by atoms with Crippen LogP contribution >= 0.6 is 11.8 Å². The molecule has 220 valence electrons. The van der Waals surface area contributed by atoms with E-state index < -0.39 is 17.8 Å². The first-order valence-corrected chi connectivity index (χ1v) is 14.8. The quantitative estimate of drug-likeness (QED) is 0.443. The number of likely N-dealkylation sites (tertiary alicyclic amines) is 1. The predicted octanol–water partition coefficient (Wildman–Crippen LogP) is 4.46. The van der Waals surface area contributed by atoms with Gasteiger partial charge >= 0.3 is 12.2 Å². The van der Waals surface area contributed by atoms with Crippen molar-refractivity contribution in [3.63, 3.8) is 0 Å². The van der Waals surface area contributed by atoms with Crippen molar-refractivity contribution in [1.29, 1.82) is 0 Å². The molecular formula is C30H30F3N5O3S. The van der Waals surface area contributed by atoms with E-state index >= 15 is 0 Å². The van der Waals surface area contributed by atoms with Crippen LogP contribution in [0.25, 0.3) is 11.1 Å². The highest BCUT2D eigenvalue weighted by Crippen LogP contribution is 2.48. The maximum Gasteiger partial charge on any atom is 0.417 e. The number of nitrogens with zero attached hydrogens (tertiary/aromatic N) is 2. The van der Waals surface area contributed by atoms with E-state index in [9.17, 15) is 27.6 Å². The lowest BCUT2D eigenvalue weighted by Gasteiger charge is -2.46. The van der Waals surface area contributed by atoms with Crippen molar-refractivity contribution in [3.8, 4) is 11.1 Å². The van der Waals surface area contributed by atoms with Crippen molar-refractivity contribution in [2.75, 3.05) is 24.5 Å². The predicted molar refractivity (Wildman–Crippen MR) is 154 cm³/mol. The zero-order chi connectivity index (χ0) is 29.6. The summed E-state index contributed by atoms with van der Waals surface area (Å²) in [5.74, 6) is -0.671. The minimum absolute atomic E-state index is 0.0412. The van der Waals surface area contributed by atoms with Crippen molar-refractivity contribution >= 4 is 35.3 Å². The van der Waals surface area contributed by atoms with Crippen LogP contribution in [0.15, 0.2) is 71.8 Å². The summed E-state index contributed by atoms with van der Waals surface area (Å²) >= 11 is 1.38. The second kappa shape index (κ2) is 11.1. The second-order valence-corrected chi connectivity index (χ2v) is 12.0. The van der Waals surface area contributed by atoms with Gasteiger partial charge in [-0.25, -0.2) is 4.79 Å². The van der Waals surface area contributed by atoms with Crippen molar-refractivity contribution in [3.05, 3.63) is 77.4 Å². The highest BCUT2D eigenvalue weighted by molar-refractivity contribution is 8.04. The van der Waals surface area contributed by atoms with Crippen LogP contribution in [0.1, 0.15) is 24.8 Å². The molecule has 4 aliphatic rings. The van der Waals surface area contributed by atoms with E-state index in [-0.39, 0.29) is 40.8 Å². The van der Waals surface area contributed by atoms with Gasteiger partial charge in [0.1, 0.15) is 0 Å². The first kappa shape index (κ1) is 28.4. The van der Waals surface area contributed by atoms with E-state index in [2.05, 4.69) is 22.5 Å². The molecule has 42 heavy (non-hydrogen) atoms. The number of rotatable bonds is 5. The fraction of sp³-hybridized carbons (Fsp3) is 0.367. The molecule has 0 bridgehead atoms. The van der Waals surface area contributed by atoms with Gasteiger partial charge in [-0.1, -0.05) is 48.7 Å². The van der Waals surface area contributed by atoms with Gasteiger partial charge in [-0.2, -0.15) is 13.2 Å². The van der Waals surface area contributed by atoms with E-state index in [1.807, 2.05) is 0 Å². The third-order valence-electron chi connectivity index (χ3n) is 8.26. The monoisotopic (exact) mass is 597 g/mol. The van der Waals surface area contributed by atoms with Gasteiger partial charge in [-0.3, -0.25) is 14.5 Å². The average molecular weight is 598 g/mol. The average Bonchev–Trinajstić information content (AvgIpc) is 3.36. The van der Waals surface area contributed by atoms with E-state index in [1.54, 1.807) is 40.1 Å². The van der Waals surface area contributed by atoms with Crippen molar-refractivity contribution < 1.29 is 27.6 Å². The molecule has 0 aliphatic carbocycles. The fourth-order valence-corrected chi connectivity index (χ4v) is 7.80. The molecule has 3 N–H and O–H groups in total. The molecule has 4 atom stereocenters. The molecule has 3 unspecified atom stereocenters. The number of urea groups is 1. The normalized spacial score (nSPS) is 25.5. The minimum atomic E-state index is -4.52. The van der Waals surface area contributed by atoms with Crippen molar-refractivity contribution in [2.45, 2.75) is 42.9 Å². The number of amides is 4. The molecule has 8 nitrogen and oxygen atoms in total. The first-order chi connectivity index (χ1) is 20.2. The molecule has 12 heteroatoms. The lowest BCUT2D eigenvalue weighted by Crippen LogP contribution is -2.62. The third kappa shape index (κ3) is 5.17. The Kier molecular flexibility index (Phi) is 7.52. The highest BCUT2D eigenvalue weighted by Gasteiger charge is 2.52. The number of anilines is 1. The molecule has 4 heterocycles. The summed E-state index contributed by atoms with van der Waals surface area (Å²) in [5, 5.41) is 9.29. The number of thioether (sulfide) groups is 1. The van der Waals surface area contributed by atoms with Gasteiger partial charge in [0, 0.05) is 36.4 Å². The summed E-state index contributed by atoms with van der Waals surface area (Å²) in [5.41, 5.74) is 0.713. The van der Waals surface area contributed by atoms with E-state index in [4.69, 9.17) is 0 Å². The molecule has 0 radical (unpaired) electrons. The number of alkyl halides is 3. The Balaban J connectivity index is 1.27. The van der Waals surface area contributed by atoms with Crippen LogP contribution in [0.4, 0.5) is 23.7 Å². The summed E-state index contributed by atoms with van der Waals surface area (Å²) in [6, 6.07) is 11.1. The Bertz CT molecular complexity index is 1480. The van der Waals surface area contributed by atoms with Crippen molar-refractivity contribution in [1.82, 2.24) is 20.9 Å². The molecule has 0 aromatic heterocycles. The van der Waals surface area contributed by atoms with Gasteiger partial charge in [0.15, 0.2) is 0 Å². The third-order valence-corrected chi connectivity index (χ3v) is 9.61. The molecule has 4 amide bonds. The number of nitrogens with one attached hydrogen (secondary N) is 3. The first-order valence-electron chi connectivity index (χ1n) is 13.9. The number of halogens is 3. The van der Waals surface area contributed by atoms with Crippen LogP contribution in [0, 0.1) is 5.92 Å². The summed E-state index contributed by atoms with van der Waals surface area (Å²) in [4.78, 5) is 42.9. The van der Waals surface area contributed by atoms with Crippen LogP contribution < -0.4 is 20.9 Å². The summed E-state index contributed by atoms with van der Waals surface area (Å²) in [6.45, 7) is 5.17. The Morgan fingerprint density at radius 1 is 1.12 bits per heavy atom. The highest BCUT2D eigenvalue weighted by atomic mass is 32.2. The maximum atomic E-state index is 13.7. The summed E-state index contributed by atoms with van der Waals surface area (Å²) < 4.78 is 41.2. The zero-order valence-corrected chi connectivity index (χ0v) is 23.4. The molecule has 2 aromatic rings. The number of carbonyl (C=O) groups excluding carboxylic acids is 3. The van der Waals surface area contributed by atoms with Gasteiger partial charge in [0.25, 0.3) is 5.91 Å². The van der Waals surface area contributed by atoms with Gasteiger partial charge in [0.05, 0.1) is 21.9 Å². The van der Waals surface area contributed by atoms with Crippen LogP contribution in [-0.2, 0) is 15.8 Å². The van der Waals surface area contributed by atoms with E-state index in [0.717, 1.165) is 18.9 Å². The van der Waals surface area contributed by atoms with E-state index in [1.165, 1.54) is 30.0 Å². The fourth-order valence-electron chi connectivity index (χ4n) is 6.40. The van der Waals surface area contributed by atoms with Crippen LogP contribution in [0.2, 0.25) is 0 Å². The van der Waals surface area contributed by atoms with Crippen molar-refractivity contribution in [2.24, 2.45) is 5.92 Å². The second-order valence-electron chi connectivity index (χ2n) is 10.8. The van der Waals surface area contributed by atoms with Gasteiger partial charge in [-0.05, 0) is 61.2 Å². The van der Waals surface area contributed by atoms with Crippen LogP contribution in [0.5, 0.6) is 0 Å². The Hall–Kier alpha value is -3.77. The Labute approximate surface area is 245 Å². The summed E-state index contributed by atoms with van der Waals surface area (Å²) in [7, 11) is 0. The number of benzene rings is 2. The molecule has 3 saturated heterocycles. The number of piperidine rings is 2. The number of carbonyl (C=O) groups is 3. The van der Waals surface area contributed by atoms with Crippen LogP contribution in [0.3, 0.4) is 0 Å². The molecule has 6 rings (SSSR count). The van der Waals surface area contributed by atoms with Gasteiger partial charge < -0.3 is 20.9 Å². The number of hydrogen-bond acceptors (Lipinski definition) is 5. The minimum Gasteiger partial charge on any atom is -0.347 e. The molecule has 0 saturated carbocycles. The Morgan fingerprint density at radius 3 is 2.71 bits per heavy atom. The van der Waals surface area contributed by atoms with Crippen LogP contribution in [-0.4, -0.2) is 59.8 Å². The Morgan fingerprint density at radius 2 is 1.93 bits per heavy atom. The number of hydrogen-bond donors (Lipinski definition) is 3. The molecule has 2 aromatic carbocycles. The smallest absolute Gasteiger partial charge is 0.347 e. The van der Waals surface area contributed by atoms with E-state index in [0.29, 0.717) is 47.9 Å². The maximum absolute atomic E-state index is 13.7. The largest absolute Gasteiger partial charge is 0.417 e. The molecule has 3 fully saturated rings. The summed E-state index contributed by atoms with van der Waals surface area (Å²) in [6.07, 6.45) is -1.14. The van der Waals surface area contributed by atoms with Gasteiger partial charge in [-0.15, -0.1) is 0 Å². The van der Waals surface area contributed by atoms with Gasteiger partial charge in [0.2, 0.25) is 5.91 Å².